The fraction of sp³-hybridized carbons (Fsp3) is 0.800. The first-order chi connectivity index (χ1) is 18.0. The molecule has 5 rings (SSSR count). The Hall–Kier alpha value is -1.25. The van der Waals surface area contributed by atoms with Crippen LogP contribution >= 0.6 is 11.6 Å². The Morgan fingerprint density at radius 2 is 2.08 bits per heavy atom. The Morgan fingerprint density at radius 3 is 2.68 bits per heavy atom. The maximum atomic E-state index is 13.6. The summed E-state index contributed by atoms with van der Waals surface area (Å²) >= 11 is 6.11. The average molecular weight is 550 g/mol. The van der Waals surface area contributed by atoms with Gasteiger partial charge in [-0.05, 0) is 68.6 Å². The van der Waals surface area contributed by atoms with Crippen molar-refractivity contribution >= 4 is 23.9 Å². The van der Waals surface area contributed by atoms with E-state index in [0.717, 1.165) is 31.1 Å². The van der Waals surface area contributed by atoms with Gasteiger partial charge in [0.1, 0.15) is 11.7 Å². The zero-order valence-electron chi connectivity index (χ0n) is 23.4. The highest BCUT2D eigenvalue weighted by molar-refractivity contribution is 6.29. The molecule has 4 aliphatic carbocycles. The minimum absolute atomic E-state index is 0.0198. The van der Waals surface area contributed by atoms with Gasteiger partial charge in [-0.2, -0.15) is 0 Å². The SMILES string of the molecule is C=C(Cl)CC1C[C@@H](C)O[C@@H](OC[C@@]23C[C@@H]4[C@H](C)CC[C@H]4[C@@]4(C=O)C[C@@H]2C=C(C(C)C)[C@@]34C(=O)O)[C@@H](OC)N1. The topological polar surface area (TPSA) is 94.1 Å². The van der Waals surface area contributed by atoms with Crippen molar-refractivity contribution in [1.82, 2.24) is 5.32 Å². The molecule has 1 unspecified atom stereocenters. The van der Waals surface area contributed by atoms with Gasteiger partial charge >= 0.3 is 5.97 Å². The first kappa shape index (κ1) is 28.3. The molecule has 38 heavy (non-hydrogen) atoms. The third-order valence-electron chi connectivity index (χ3n) is 11.0. The largest absolute Gasteiger partial charge is 0.481 e. The van der Waals surface area contributed by atoms with Crippen LogP contribution in [0.5, 0.6) is 0 Å². The van der Waals surface area contributed by atoms with Crippen LogP contribution in [0.25, 0.3) is 0 Å². The summed E-state index contributed by atoms with van der Waals surface area (Å²) in [5, 5.41) is 15.2. The van der Waals surface area contributed by atoms with Crippen LogP contribution in [0, 0.1) is 45.8 Å². The second-order valence-corrected chi connectivity index (χ2v) is 13.6. The molecule has 0 aromatic rings. The molecule has 8 heteroatoms. The second kappa shape index (κ2) is 9.99. The highest BCUT2D eigenvalue weighted by atomic mass is 35.5. The first-order valence-electron chi connectivity index (χ1n) is 14.3. The van der Waals surface area contributed by atoms with Crippen molar-refractivity contribution in [3.8, 4) is 0 Å². The molecule has 2 N–H and O–H groups in total. The lowest BCUT2D eigenvalue weighted by Crippen LogP contribution is -2.64. The molecule has 0 aromatic heterocycles. The minimum atomic E-state index is -1.27. The summed E-state index contributed by atoms with van der Waals surface area (Å²) in [6.07, 6.45) is 6.44. The van der Waals surface area contributed by atoms with Gasteiger partial charge in [0.2, 0.25) is 0 Å². The number of carboxylic acid groups (broad SMARTS) is 1. The lowest BCUT2D eigenvalue weighted by atomic mass is 9.43. The average Bonchev–Trinajstić information content (AvgIpc) is 3.37. The molecule has 4 bridgehead atoms. The van der Waals surface area contributed by atoms with Gasteiger partial charge in [0.15, 0.2) is 12.5 Å². The smallest absolute Gasteiger partial charge is 0.315 e. The van der Waals surface area contributed by atoms with Crippen molar-refractivity contribution < 1.29 is 28.9 Å². The zero-order chi connectivity index (χ0) is 27.6. The monoisotopic (exact) mass is 549 g/mol. The van der Waals surface area contributed by atoms with E-state index in [4.69, 9.17) is 25.8 Å². The molecule has 0 spiro atoms. The van der Waals surface area contributed by atoms with Crippen LogP contribution in [-0.2, 0) is 23.8 Å². The molecular formula is C30H44ClNO6. The third kappa shape index (κ3) is 3.75. The molecule has 0 amide bonds. The van der Waals surface area contributed by atoms with E-state index in [-0.39, 0.29) is 36.5 Å². The maximum absolute atomic E-state index is 13.6. The van der Waals surface area contributed by atoms with Gasteiger partial charge in [0, 0.05) is 23.6 Å². The van der Waals surface area contributed by atoms with Crippen molar-refractivity contribution in [2.24, 2.45) is 45.8 Å². The van der Waals surface area contributed by atoms with Gasteiger partial charge in [-0.15, -0.1) is 0 Å². The summed E-state index contributed by atoms with van der Waals surface area (Å²) in [6.45, 7) is 12.4. The molecule has 0 radical (unpaired) electrons. The molecule has 212 valence electrons. The van der Waals surface area contributed by atoms with E-state index in [2.05, 4.69) is 38.7 Å². The fourth-order valence-corrected chi connectivity index (χ4v) is 9.90. The number of fused-ring (bicyclic) bond motifs is 2. The summed E-state index contributed by atoms with van der Waals surface area (Å²) in [4.78, 5) is 26.8. The number of allylic oxidation sites excluding steroid dienone is 1. The van der Waals surface area contributed by atoms with E-state index in [9.17, 15) is 14.7 Å². The Balaban J connectivity index is 1.53. The number of aliphatic carboxylic acids is 1. The molecule has 5 aliphatic rings. The Labute approximate surface area is 231 Å². The molecule has 3 saturated carbocycles. The summed E-state index contributed by atoms with van der Waals surface area (Å²) in [5.74, 6) is -0.00892. The Bertz CT molecular complexity index is 1010. The number of halogens is 1. The number of ether oxygens (including phenoxy) is 3. The van der Waals surface area contributed by atoms with Crippen LogP contribution in [0.3, 0.4) is 0 Å². The minimum Gasteiger partial charge on any atom is -0.481 e. The number of hydrogen-bond donors (Lipinski definition) is 2. The molecule has 1 saturated heterocycles. The van der Waals surface area contributed by atoms with Crippen LogP contribution in [-0.4, -0.2) is 55.7 Å². The van der Waals surface area contributed by atoms with Crippen LogP contribution in [0.2, 0.25) is 0 Å². The molecule has 7 nitrogen and oxygen atoms in total. The number of carbonyl (C=O) groups excluding carboxylic acids is 1. The van der Waals surface area contributed by atoms with Gasteiger partial charge in [0.25, 0.3) is 0 Å². The van der Waals surface area contributed by atoms with Gasteiger partial charge in [-0.25, -0.2) is 0 Å². The number of carbonyl (C=O) groups is 2. The van der Waals surface area contributed by atoms with Gasteiger partial charge in [-0.3, -0.25) is 10.1 Å². The van der Waals surface area contributed by atoms with E-state index < -0.39 is 34.7 Å². The lowest BCUT2D eigenvalue weighted by Gasteiger charge is -2.58. The Kier molecular flexibility index (Phi) is 7.43. The molecule has 1 aliphatic heterocycles. The van der Waals surface area contributed by atoms with Crippen LogP contribution in [0.4, 0.5) is 0 Å². The standard InChI is InChI=1S/C30H44ClNO6/c1-16(2)24-11-20-12-28(14-33)23-8-7-17(3)22(23)13-29(20,30(24,28)27(34)35)15-37-26-25(36-6)32-21(9-18(4)31)10-19(5)38-26/h11,14,16-17,19-23,25-26,32H,4,7-10,12-13,15H2,1-3,5-6H3,(H,34,35)/t17-,19-,20+,21?,22-,23-,25-,26-,28+,29+,30+/m1/s1. The number of hydrogen-bond acceptors (Lipinski definition) is 6. The third-order valence-corrected chi connectivity index (χ3v) is 11.1. The van der Waals surface area contributed by atoms with Crippen molar-refractivity contribution in [3.63, 3.8) is 0 Å². The lowest BCUT2D eigenvalue weighted by molar-refractivity contribution is -0.244. The second-order valence-electron chi connectivity index (χ2n) is 13.1. The van der Waals surface area contributed by atoms with E-state index in [1.54, 1.807) is 7.11 Å². The van der Waals surface area contributed by atoms with Crippen LogP contribution in [0.1, 0.15) is 66.2 Å². The number of rotatable bonds is 9. The highest BCUT2D eigenvalue weighted by Crippen LogP contribution is 2.82. The van der Waals surface area contributed by atoms with Gasteiger partial charge in [0.05, 0.1) is 18.1 Å². The van der Waals surface area contributed by atoms with Gasteiger partial charge < -0.3 is 24.1 Å². The molecule has 11 atom stereocenters. The van der Waals surface area contributed by atoms with Crippen LogP contribution in [0.15, 0.2) is 23.3 Å². The van der Waals surface area contributed by atoms with Gasteiger partial charge in [-0.1, -0.05) is 57.0 Å². The number of nitrogens with one attached hydrogen (secondary N) is 1. The maximum Gasteiger partial charge on any atom is 0.315 e. The quantitative estimate of drug-likeness (QED) is 0.304. The summed E-state index contributed by atoms with van der Waals surface area (Å²) in [7, 11) is 1.61. The van der Waals surface area contributed by atoms with Crippen molar-refractivity contribution in [3.05, 3.63) is 23.3 Å². The zero-order valence-corrected chi connectivity index (χ0v) is 24.1. The Morgan fingerprint density at radius 1 is 1.34 bits per heavy atom. The summed E-state index contributed by atoms with van der Waals surface area (Å²) in [6, 6.07) is 0.0198. The van der Waals surface area contributed by atoms with Crippen molar-refractivity contribution in [2.45, 2.75) is 90.9 Å². The number of aldehydes is 1. The predicted molar refractivity (Wildman–Crippen MR) is 144 cm³/mol. The van der Waals surface area contributed by atoms with E-state index >= 15 is 0 Å². The van der Waals surface area contributed by atoms with Crippen molar-refractivity contribution in [1.29, 1.82) is 0 Å². The fourth-order valence-electron chi connectivity index (χ4n) is 9.72. The highest BCUT2D eigenvalue weighted by Gasteiger charge is 2.84. The molecular weight excluding hydrogens is 506 g/mol. The molecule has 1 heterocycles. The van der Waals surface area contributed by atoms with Crippen molar-refractivity contribution in [2.75, 3.05) is 13.7 Å². The van der Waals surface area contributed by atoms with E-state index in [1.165, 1.54) is 0 Å². The molecule has 4 fully saturated rings. The summed E-state index contributed by atoms with van der Waals surface area (Å²) < 4.78 is 18.7. The summed E-state index contributed by atoms with van der Waals surface area (Å²) in [5.41, 5.74) is -1.97. The van der Waals surface area contributed by atoms with E-state index in [1.807, 2.05) is 6.92 Å². The normalized spacial score (nSPS) is 47.5. The predicted octanol–water partition coefficient (Wildman–Crippen LogP) is 5.14. The molecule has 0 aromatic carbocycles. The number of carboxylic acids is 1. The first-order valence-corrected chi connectivity index (χ1v) is 14.7. The van der Waals surface area contributed by atoms with Crippen LogP contribution < -0.4 is 5.32 Å². The number of methoxy groups -OCH3 is 1. The van der Waals surface area contributed by atoms with E-state index in [0.29, 0.717) is 36.1 Å².